The van der Waals surface area contributed by atoms with Crippen LogP contribution in [0.5, 0.6) is 5.75 Å². The molecule has 104 valence electrons. The van der Waals surface area contributed by atoms with E-state index in [0.29, 0.717) is 22.7 Å². The van der Waals surface area contributed by atoms with Gasteiger partial charge in [0.2, 0.25) is 0 Å². The van der Waals surface area contributed by atoms with Crippen molar-refractivity contribution < 1.29 is 9.53 Å². The molecular formula is C15H20ClNO2. The fourth-order valence-electron chi connectivity index (χ4n) is 2.46. The van der Waals surface area contributed by atoms with E-state index in [4.69, 9.17) is 16.3 Å². The maximum Gasteiger partial charge on any atom is 0.258 e. The molecule has 1 aliphatic rings. The fraction of sp³-hybridized carbons (Fsp3) is 0.533. The summed E-state index contributed by atoms with van der Waals surface area (Å²) in [4.78, 5) is 11.8. The largest absolute Gasteiger partial charge is 0.484 e. The lowest BCUT2D eigenvalue weighted by Crippen LogP contribution is -2.43. The van der Waals surface area contributed by atoms with Crippen molar-refractivity contribution in [3.8, 4) is 5.75 Å². The lowest BCUT2D eigenvalue weighted by atomic mass is 9.86. The first-order valence-corrected chi connectivity index (χ1v) is 7.20. The number of rotatable bonds is 4. The zero-order valence-electron chi connectivity index (χ0n) is 11.2. The van der Waals surface area contributed by atoms with E-state index in [1.54, 1.807) is 24.3 Å². The number of benzene rings is 1. The molecule has 4 heteroatoms. The van der Waals surface area contributed by atoms with Crippen molar-refractivity contribution in [3.63, 3.8) is 0 Å². The molecule has 2 rings (SSSR count). The van der Waals surface area contributed by atoms with Gasteiger partial charge in [-0.15, -0.1) is 0 Å². The summed E-state index contributed by atoms with van der Waals surface area (Å²) >= 11 is 5.78. The third-order valence-corrected chi connectivity index (χ3v) is 3.89. The maximum atomic E-state index is 11.8. The van der Waals surface area contributed by atoms with Crippen LogP contribution in [0.1, 0.15) is 32.6 Å². The van der Waals surface area contributed by atoms with E-state index < -0.39 is 0 Å². The smallest absolute Gasteiger partial charge is 0.258 e. The van der Waals surface area contributed by atoms with Crippen molar-refractivity contribution in [1.29, 1.82) is 0 Å². The first kappa shape index (κ1) is 14.2. The van der Waals surface area contributed by atoms with Crippen molar-refractivity contribution in [1.82, 2.24) is 5.32 Å². The molecule has 1 aromatic carbocycles. The Kier molecular flexibility index (Phi) is 5.08. The summed E-state index contributed by atoms with van der Waals surface area (Å²) in [7, 11) is 0. The van der Waals surface area contributed by atoms with Gasteiger partial charge in [-0.2, -0.15) is 0 Å². The number of carbonyl (C=O) groups is 1. The van der Waals surface area contributed by atoms with Crippen LogP contribution in [-0.4, -0.2) is 18.6 Å². The summed E-state index contributed by atoms with van der Waals surface area (Å²) in [5, 5.41) is 3.72. The Morgan fingerprint density at radius 1 is 1.32 bits per heavy atom. The molecular weight excluding hydrogens is 262 g/mol. The van der Waals surface area contributed by atoms with Crippen LogP contribution >= 0.6 is 11.6 Å². The molecule has 0 radical (unpaired) electrons. The predicted molar refractivity (Wildman–Crippen MR) is 76.5 cm³/mol. The zero-order chi connectivity index (χ0) is 13.7. The van der Waals surface area contributed by atoms with Crippen LogP contribution in [-0.2, 0) is 4.79 Å². The molecule has 1 aliphatic carbocycles. The predicted octanol–water partition coefficient (Wildman–Crippen LogP) is 3.41. The first-order chi connectivity index (χ1) is 9.15. The standard InChI is InChI=1S/C15H20ClNO2/c1-11-4-2-3-5-14(11)17-15(18)10-19-13-8-6-12(16)7-9-13/h6-9,11,14H,2-5,10H2,1H3,(H,17,18)/t11-,14-/m1/s1. The monoisotopic (exact) mass is 281 g/mol. The van der Waals surface area contributed by atoms with Crippen molar-refractivity contribution in [2.45, 2.75) is 38.6 Å². The molecule has 0 bridgehead atoms. The van der Waals surface area contributed by atoms with E-state index in [1.807, 2.05) is 0 Å². The van der Waals surface area contributed by atoms with Gasteiger partial charge in [-0.25, -0.2) is 0 Å². The van der Waals surface area contributed by atoms with Crippen LogP contribution in [0.2, 0.25) is 5.02 Å². The Morgan fingerprint density at radius 2 is 2.00 bits per heavy atom. The summed E-state index contributed by atoms with van der Waals surface area (Å²) in [6, 6.07) is 7.32. The zero-order valence-corrected chi connectivity index (χ0v) is 12.0. The van der Waals surface area contributed by atoms with E-state index in [0.717, 1.165) is 6.42 Å². The summed E-state index contributed by atoms with van der Waals surface area (Å²) in [6.07, 6.45) is 4.75. The molecule has 0 saturated heterocycles. The van der Waals surface area contributed by atoms with Crippen LogP contribution < -0.4 is 10.1 Å². The highest BCUT2D eigenvalue weighted by Crippen LogP contribution is 2.23. The number of carbonyl (C=O) groups excluding carboxylic acids is 1. The van der Waals surface area contributed by atoms with E-state index in [9.17, 15) is 4.79 Å². The molecule has 1 aromatic rings. The lowest BCUT2D eigenvalue weighted by Gasteiger charge is -2.29. The maximum absolute atomic E-state index is 11.8. The van der Waals surface area contributed by atoms with Crippen molar-refractivity contribution in [2.75, 3.05) is 6.61 Å². The second-order valence-corrected chi connectivity index (χ2v) is 5.61. The van der Waals surface area contributed by atoms with E-state index in [2.05, 4.69) is 12.2 Å². The van der Waals surface area contributed by atoms with Gasteiger partial charge in [0.15, 0.2) is 6.61 Å². The lowest BCUT2D eigenvalue weighted by molar-refractivity contribution is -0.124. The summed E-state index contributed by atoms with van der Waals surface area (Å²) in [6.45, 7) is 2.26. The van der Waals surface area contributed by atoms with Crippen LogP contribution in [0, 0.1) is 5.92 Å². The van der Waals surface area contributed by atoms with Crippen LogP contribution in [0.4, 0.5) is 0 Å². The Hall–Kier alpha value is -1.22. The van der Waals surface area contributed by atoms with E-state index in [-0.39, 0.29) is 12.5 Å². The summed E-state index contributed by atoms with van der Waals surface area (Å²) < 4.78 is 5.43. The molecule has 0 unspecified atom stereocenters. The van der Waals surface area contributed by atoms with Crippen molar-refractivity contribution in [2.24, 2.45) is 5.92 Å². The molecule has 0 aliphatic heterocycles. The van der Waals surface area contributed by atoms with E-state index in [1.165, 1.54) is 19.3 Å². The molecule has 1 fully saturated rings. The second kappa shape index (κ2) is 6.80. The minimum atomic E-state index is -0.0475. The van der Waals surface area contributed by atoms with Gasteiger partial charge in [-0.3, -0.25) is 4.79 Å². The number of amides is 1. The highest BCUT2D eigenvalue weighted by Gasteiger charge is 2.22. The van der Waals surface area contributed by atoms with Gasteiger partial charge >= 0.3 is 0 Å². The number of hydrogen-bond acceptors (Lipinski definition) is 2. The van der Waals surface area contributed by atoms with Gasteiger partial charge in [0.25, 0.3) is 5.91 Å². The number of nitrogens with one attached hydrogen (secondary N) is 1. The molecule has 19 heavy (non-hydrogen) atoms. The van der Waals surface area contributed by atoms with E-state index >= 15 is 0 Å². The van der Waals surface area contributed by atoms with Crippen LogP contribution in [0.25, 0.3) is 0 Å². The SMILES string of the molecule is C[C@@H]1CCCC[C@H]1NC(=O)COc1ccc(Cl)cc1. The molecule has 1 N–H and O–H groups in total. The highest BCUT2D eigenvalue weighted by atomic mass is 35.5. The fourth-order valence-corrected chi connectivity index (χ4v) is 2.58. The third-order valence-electron chi connectivity index (χ3n) is 3.64. The van der Waals surface area contributed by atoms with Gasteiger partial charge in [0.05, 0.1) is 0 Å². The quantitative estimate of drug-likeness (QED) is 0.918. The molecule has 0 heterocycles. The molecule has 0 aromatic heterocycles. The normalized spacial score (nSPS) is 22.8. The Labute approximate surface area is 119 Å². The minimum absolute atomic E-state index is 0.0475. The molecule has 2 atom stereocenters. The highest BCUT2D eigenvalue weighted by molar-refractivity contribution is 6.30. The minimum Gasteiger partial charge on any atom is -0.484 e. The van der Waals surface area contributed by atoms with Gasteiger partial charge in [-0.05, 0) is 43.0 Å². The first-order valence-electron chi connectivity index (χ1n) is 6.83. The molecule has 0 spiro atoms. The molecule has 3 nitrogen and oxygen atoms in total. The van der Waals surface area contributed by atoms with Crippen LogP contribution in [0.3, 0.4) is 0 Å². The van der Waals surface area contributed by atoms with Gasteiger partial charge in [0.1, 0.15) is 5.75 Å². The Morgan fingerprint density at radius 3 is 2.68 bits per heavy atom. The van der Waals surface area contributed by atoms with Crippen molar-refractivity contribution in [3.05, 3.63) is 29.3 Å². The third kappa shape index (κ3) is 4.43. The number of halogens is 1. The summed E-state index contributed by atoms with van der Waals surface area (Å²) in [5.74, 6) is 1.18. The average Bonchev–Trinajstić information content (AvgIpc) is 2.41. The average molecular weight is 282 g/mol. The number of ether oxygens (including phenoxy) is 1. The van der Waals surface area contributed by atoms with Crippen LogP contribution in [0.15, 0.2) is 24.3 Å². The molecule has 1 amide bonds. The summed E-state index contributed by atoms with van der Waals surface area (Å²) in [5.41, 5.74) is 0. The van der Waals surface area contributed by atoms with Gasteiger partial charge in [0, 0.05) is 11.1 Å². The Balaban J connectivity index is 1.76. The van der Waals surface area contributed by atoms with Gasteiger partial charge in [-0.1, -0.05) is 31.4 Å². The molecule has 1 saturated carbocycles. The Bertz CT molecular complexity index is 419. The van der Waals surface area contributed by atoms with Crippen molar-refractivity contribution >= 4 is 17.5 Å². The number of hydrogen-bond donors (Lipinski definition) is 1. The topological polar surface area (TPSA) is 38.3 Å². The second-order valence-electron chi connectivity index (χ2n) is 5.18. The van der Waals surface area contributed by atoms with Gasteiger partial charge < -0.3 is 10.1 Å².